The van der Waals surface area contributed by atoms with Crippen LogP contribution in [-0.4, -0.2) is 30.1 Å². The van der Waals surface area contributed by atoms with Gasteiger partial charge in [0.15, 0.2) is 5.76 Å². The van der Waals surface area contributed by atoms with Gasteiger partial charge in [0, 0.05) is 18.7 Å². The Kier molecular flexibility index (Phi) is 4.34. The Bertz CT molecular complexity index is 473. The summed E-state index contributed by atoms with van der Waals surface area (Å²) in [5.74, 6) is 3.17. The number of carbonyl (C=O) groups excluding carboxylic acids is 1. The van der Waals surface area contributed by atoms with Crippen molar-refractivity contribution in [3.63, 3.8) is 0 Å². The summed E-state index contributed by atoms with van der Waals surface area (Å²) >= 11 is 0. The smallest absolute Gasteiger partial charge is 0.393 e. The maximum atomic E-state index is 12.7. The molecule has 0 aromatic carbocycles. The third-order valence-corrected chi connectivity index (χ3v) is 3.45. The first-order chi connectivity index (χ1) is 9.41. The lowest BCUT2D eigenvalue weighted by Gasteiger charge is -2.33. The highest BCUT2D eigenvalue weighted by molar-refractivity contribution is 5.92. The highest BCUT2D eigenvalue weighted by Gasteiger charge is 2.41. The molecule has 0 bridgehead atoms. The van der Waals surface area contributed by atoms with E-state index in [0.717, 1.165) is 0 Å². The maximum Gasteiger partial charge on any atom is 0.393 e. The van der Waals surface area contributed by atoms with Gasteiger partial charge in [0.05, 0.1) is 12.2 Å². The molecule has 1 aliphatic rings. The van der Waals surface area contributed by atoms with Gasteiger partial charge >= 0.3 is 12.1 Å². The van der Waals surface area contributed by atoms with Crippen molar-refractivity contribution in [2.24, 2.45) is 11.8 Å². The first-order valence-corrected chi connectivity index (χ1v) is 6.28. The van der Waals surface area contributed by atoms with Gasteiger partial charge in [-0.2, -0.15) is 13.2 Å². The minimum Gasteiger partial charge on any atom is -0.459 e. The molecule has 112 valence electrons. The quantitative estimate of drug-likeness (QED) is 0.505. The Morgan fingerprint density at radius 2 is 2.30 bits per heavy atom. The van der Waals surface area contributed by atoms with Crippen LogP contribution in [0.4, 0.5) is 13.2 Å². The maximum absolute atomic E-state index is 12.7. The molecule has 1 saturated heterocycles. The molecule has 1 aliphatic heterocycles. The van der Waals surface area contributed by atoms with Gasteiger partial charge < -0.3 is 4.42 Å². The van der Waals surface area contributed by atoms with Gasteiger partial charge in [0.1, 0.15) is 0 Å². The van der Waals surface area contributed by atoms with Crippen molar-refractivity contribution in [2.75, 3.05) is 13.1 Å². The molecule has 20 heavy (non-hydrogen) atoms. The van der Waals surface area contributed by atoms with Crippen molar-refractivity contribution in [3.05, 3.63) is 23.7 Å². The number of carbonyl (C=O) groups is 1. The minimum atomic E-state index is -4.17. The molecule has 0 aliphatic carbocycles. The number of hydrazine groups is 1. The van der Waals surface area contributed by atoms with Gasteiger partial charge in [-0.3, -0.25) is 15.1 Å². The Labute approximate surface area is 113 Å². The standard InChI is InChI=1S/C12H16F3N3O2/c13-12(14,15)9-2-1-4-18(7-9)6-8-3-5-20-10(8)11(19)17-16/h3,5,9H,1-2,4,6-7,16H2,(H,17,19). The lowest BCUT2D eigenvalue weighted by molar-refractivity contribution is -0.187. The van der Waals surface area contributed by atoms with E-state index in [1.807, 2.05) is 5.43 Å². The highest BCUT2D eigenvalue weighted by Crippen LogP contribution is 2.33. The van der Waals surface area contributed by atoms with Crippen molar-refractivity contribution < 1.29 is 22.4 Å². The lowest BCUT2D eigenvalue weighted by Crippen LogP contribution is -2.41. The van der Waals surface area contributed by atoms with Crippen LogP contribution in [0.2, 0.25) is 0 Å². The molecule has 3 N–H and O–H groups in total. The SMILES string of the molecule is NNC(=O)c1occc1CN1CCCC(C(F)(F)F)C1. The number of alkyl halides is 3. The predicted octanol–water partition coefficient (Wildman–Crippen LogP) is 1.66. The number of halogens is 3. The van der Waals surface area contributed by atoms with E-state index in [4.69, 9.17) is 10.3 Å². The molecule has 1 atom stereocenters. The fraction of sp³-hybridized carbons (Fsp3) is 0.583. The van der Waals surface area contributed by atoms with Gasteiger partial charge in [0.2, 0.25) is 0 Å². The molecule has 5 nitrogen and oxygen atoms in total. The second-order valence-corrected chi connectivity index (χ2v) is 4.86. The van der Waals surface area contributed by atoms with E-state index in [-0.39, 0.29) is 25.3 Å². The Hall–Kier alpha value is -1.54. The molecule has 0 saturated carbocycles. The van der Waals surface area contributed by atoms with Crippen LogP contribution in [0.15, 0.2) is 16.7 Å². The van der Waals surface area contributed by atoms with Crippen molar-refractivity contribution in [2.45, 2.75) is 25.6 Å². The Balaban J connectivity index is 2.03. The predicted molar refractivity (Wildman–Crippen MR) is 64.4 cm³/mol. The zero-order valence-corrected chi connectivity index (χ0v) is 10.7. The van der Waals surface area contributed by atoms with Crippen LogP contribution in [0.3, 0.4) is 0 Å². The first-order valence-electron chi connectivity index (χ1n) is 6.28. The molecule has 1 unspecified atom stereocenters. The Morgan fingerprint density at radius 1 is 1.55 bits per heavy atom. The molecule has 1 fully saturated rings. The molecular formula is C12H16F3N3O2. The van der Waals surface area contributed by atoms with E-state index in [0.29, 0.717) is 18.5 Å². The van der Waals surface area contributed by atoms with Gasteiger partial charge in [0.25, 0.3) is 0 Å². The van der Waals surface area contributed by atoms with Crippen LogP contribution >= 0.6 is 0 Å². The van der Waals surface area contributed by atoms with Crippen molar-refractivity contribution >= 4 is 5.91 Å². The van der Waals surface area contributed by atoms with E-state index in [1.165, 1.54) is 6.26 Å². The summed E-state index contributed by atoms with van der Waals surface area (Å²) in [6.07, 6.45) is -2.21. The number of amides is 1. The zero-order valence-electron chi connectivity index (χ0n) is 10.7. The fourth-order valence-corrected chi connectivity index (χ4v) is 2.43. The van der Waals surface area contributed by atoms with Crippen LogP contribution in [0.25, 0.3) is 0 Å². The largest absolute Gasteiger partial charge is 0.459 e. The number of hydrogen-bond acceptors (Lipinski definition) is 4. The van der Waals surface area contributed by atoms with Gasteiger partial charge in [-0.1, -0.05) is 0 Å². The van der Waals surface area contributed by atoms with E-state index >= 15 is 0 Å². The van der Waals surface area contributed by atoms with Crippen LogP contribution in [0.5, 0.6) is 0 Å². The molecule has 2 heterocycles. The summed E-state index contributed by atoms with van der Waals surface area (Å²) in [4.78, 5) is 13.1. The van der Waals surface area contributed by atoms with Gasteiger partial charge in [-0.25, -0.2) is 5.84 Å². The highest BCUT2D eigenvalue weighted by atomic mass is 19.4. The summed E-state index contributed by atoms with van der Waals surface area (Å²) in [6.45, 7) is 0.756. The van der Waals surface area contributed by atoms with Crippen LogP contribution in [0.1, 0.15) is 29.0 Å². The molecule has 1 aromatic rings. The molecular weight excluding hydrogens is 275 g/mol. The monoisotopic (exact) mass is 291 g/mol. The fourth-order valence-electron chi connectivity index (χ4n) is 2.43. The first kappa shape index (κ1) is 14.9. The summed E-state index contributed by atoms with van der Waals surface area (Å²) < 4.78 is 43.2. The lowest BCUT2D eigenvalue weighted by atomic mass is 9.97. The van der Waals surface area contributed by atoms with E-state index in [9.17, 15) is 18.0 Å². The number of likely N-dealkylation sites (tertiary alicyclic amines) is 1. The number of nitrogens with one attached hydrogen (secondary N) is 1. The van der Waals surface area contributed by atoms with E-state index in [1.54, 1.807) is 11.0 Å². The zero-order chi connectivity index (χ0) is 14.8. The summed E-state index contributed by atoms with van der Waals surface area (Å²) in [5.41, 5.74) is 2.48. The van der Waals surface area contributed by atoms with Crippen molar-refractivity contribution in [3.8, 4) is 0 Å². The second kappa shape index (κ2) is 5.84. The van der Waals surface area contributed by atoms with Crippen LogP contribution in [-0.2, 0) is 6.54 Å². The summed E-state index contributed by atoms with van der Waals surface area (Å²) in [6, 6.07) is 1.57. The molecule has 0 radical (unpaired) electrons. The molecule has 0 spiro atoms. The van der Waals surface area contributed by atoms with Crippen LogP contribution in [0, 0.1) is 5.92 Å². The number of nitrogens with two attached hydrogens (primary N) is 1. The number of rotatable bonds is 3. The van der Waals surface area contributed by atoms with Crippen LogP contribution < -0.4 is 11.3 Å². The normalized spacial score (nSPS) is 20.9. The molecule has 1 amide bonds. The number of nitrogens with zero attached hydrogens (tertiary/aromatic N) is 1. The third kappa shape index (κ3) is 3.31. The number of nitrogen functional groups attached to an aromatic ring is 1. The van der Waals surface area contributed by atoms with Crippen molar-refractivity contribution in [1.29, 1.82) is 0 Å². The molecule has 2 rings (SSSR count). The molecule has 8 heteroatoms. The Morgan fingerprint density at radius 3 is 2.95 bits per heavy atom. The van der Waals surface area contributed by atoms with Gasteiger partial charge in [-0.15, -0.1) is 0 Å². The minimum absolute atomic E-state index is 0.0432. The number of piperidine rings is 1. The second-order valence-electron chi connectivity index (χ2n) is 4.86. The summed E-state index contributed by atoms with van der Waals surface area (Å²) in [5, 5.41) is 0. The number of hydrogen-bond donors (Lipinski definition) is 2. The van der Waals surface area contributed by atoms with Gasteiger partial charge in [-0.05, 0) is 25.5 Å². The molecule has 1 aromatic heterocycles. The average Bonchev–Trinajstić information content (AvgIpc) is 2.85. The third-order valence-electron chi connectivity index (χ3n) is 3.45. The van der Waals surface area contributed by atoms with Crippen molar-refractivity contribution in [1.82, 2.24) is 10.3 Å². The average molecular weight is 291 g/mol. The topological polar surface area (TPSA) is 71.5 Å². The number of furan rings is 1. The summed E-state index contributed by atoms with van der Waals surface area (Å²) in [7, 11) is 0. The van der Waals surface area contributed by atoms with E-state index in [2.05, 4.69) is 0 Å². The van der Waals surface area contributed by atoms with E-state index < -0.39 is 18.0 Å².